The summed E-state index contributed by atoms with van der Waals surface area (Å²) in [4.78, 5) is 48.4. The third-order valence-electron chi connectivity index (χ3n) is 6.20. The SMILES string of the molecule is CNc1nccc(-c2cc3cc(OC(=O)NC(CN(c4ccccc4)c4ncccn4)C(=O)NCCO)ccc3[nH]2)n1. The van der Waals surface area contributed by atoms with Crippen LogP contribution in [0.5, 0.6) is 5.75 Å². The smallest absolute Gasteiger partial charge is 0.410 e. The molecule has 3 heterocycles. The number of carbonyl (C=O) groups excluding carboxylic acids is 2. The van der Waals surface area contributed by atoms with E-state index in [9.17, 15) is 14.7 Å². The molecule has 42 heavy (non-hydrogen) atoms. The lowest BCUT2D eigenvalue weighted by Crippen LogP contribution is -2.53. The van der Waals surface area contributed by atoms with E-state index in [-0.39, 0.29) is 25.4 Å². The largest absolute Gasteiger partial charge is 0.413 e. The van der Waals surface area contributed by atoms with Gasteiger partial charge in [-0.1, -0.05) is 18.2 Å². The maximum absolute atomic E-state index is 13.1. The molecule has 5 rings (SSSR count). The first-order valence-electron chi connectivity index (χ1n) is 13.1. The lowest BCUT2D eigenvalue weighted by molar-refractivity contribution is -0.122. The fourth-order valence-corrected chi connectivity index (χ4v) is 4.24. The number of para-hydroxylation sites is 1. The molecule has 3 aromatic heterocycles. The number of aliphatic hydroxyl groups is 1. The number of nitrogens with zero attached hydrogens (tertiary/aromatic N) is 5. The van der Waals surface area contributed by atoms with E-state index in [0.717, 1.165) is 22.3 Å². The highest BCUT2D eigenvalue weighted by Gasteiger charge is 2.26. The van der Waals surface area contributed by atoms with Crippen molar-refractivity contribution in [3.05, 3.63) is 85.3 Å². The molecule has 13 heteroatoms. The summed E-state index contributed by atoms with van der Waals surface area (Å²) in [6.07, 6.45) is 4.02. The average Bonchev–Trinajstić information content (AvgIpc) is 3.46. The highest BCUT2D eigenvalue weighted by molar-refractivity contribution is 5.89. The maximum Gasteiger partial charge on any atom is 0.413 e. The lowest BCUT2D eigenvalue weighted by atomic mass is 10.2. The minimum Gasteiger partial charge on any atom is -0.410 e. The van der Waals surface area contributed by atoms with Gasteiger partial charge in [-0.15, -0.1) is 0 Å². The van der Waals surface area contributed by atoms with Crippen LogP contribution >= 0.6 is 0 Å². The van der Waals surface area contributed by atoms with Gasteiger partial charge in [-0.2, -0.15) is 0 Å². The maximum atomic E-state index is 13.1. The van der Waals surface area contributed by atoms with Crippen molar-refractivity contribution in [3.8, 4) is 17.1 Å². The molecule has 0 bridgehead atoms. The molecule has 5 N–H and O–H groups in total. The van der Waals surface area contributed by atoms with Gasteiger partial charge in [0.25, 0.3) is 0 Å². The van der Waals surface area contributed by atoms with Crippen molar-refractivity contribution in [2.24, 2.45) is 0 Å². The van der Waals surface area contributed by atoms with Crippen LogP contribution in [0.2, 0.25) is 0 Å². The second-order valence-corrected chi connectivity index (χ2v) is 9.04. The van der Waals surface area contributed by atoms with E-state index < -0.39 is 18.0 Å². The number of hydrogen-bond donors (Lipinski definition) is 5. The van der Waals surface area contributed by atoms with Crippen LogP contribution in [0.3, 0.4) is 0 Å². The number of hydrogen-bond acceptors (Lipinski definition) is 10. The molecule has 0 fully saturated rings. The van der Waals surface area contributed by atoms with Crippen molar-refractivity contribution in [1.29, 1.82) is 0 Å². The van der Waals surface area contributed by atoms with E-state index in [0.29, 0.717) is 17.6 Å². The van der Waals surface area contributed by atoms with Crippen LogP contribution in [0.25, 0.3) is 22.3 Å². The third-order valence-corrected chi connectivity index (χ3v) is 6.20. The normalized spacial score (nSPS) is 11.5. The first-order valence-corrected chi connectivity index (χ1v) is 13.1. The van der Waals surface area contributed by atoms with Crippen molar-refractivity contribution < 1.29 is 19.4 Å². The van der Waals surface area contributed by atoms with E-state index in [4.69, 9.17) is 4.74 Å². The van der Waals surface area contributed by atoms with Gasteiger partial charge in [0.15, 0.2) is 0 Å². The predicted molar refractivity (Wildman–Crippen MR) is 157 cm³/mol. The molecule has 13 nitrogen and oxygen atoms in total. The van der Waals surface area contributed by atoms with Crippen molar-refractivity contribution in [2.75, 3.05) is 37.0 Å². The molecule has 1 atom stereocenters. The van der Waals surface area contributed by atoms with Gasteiger partial charge >= 0.3 is 6.09 Å². The van der Waals surface area contributed by atoms with E-state index in [1.165, 1.54) is 0 Å². The average molecular weight is 568 g/mol. The van der Waals surface area contributed by atoms with Gasteiger partial charge in [-0.05, 0) is 48.5 Å². The zero-order valence-electron chi connectivity index (χ0n) is 22.7. The van der Waals surface area contributed by atoms with E-state index in [2.05, 4.69) is 40.9 Å². The van der Waals surface area contributed by atoms with Crippen LogP contribution in [0.4, 0.5) is 22.4 Å². The van der Waals surface area contributed by atoms with E-state index in [1.807, 2.05) is 36.4 Å². The summed E-state index contributed by atoms with van der Waals surface area (Å²) in [5.74, 6) is 0.617. The summed E-state index contributed by atoms with van der Waals surface area (Å²) in [5.41, 5.74) is 3.02. The fraction of sp³-hybridized carbons (Fsp3) is 0.172. The summed E-state index contributed by atoms with van der Waals surface area (Å²) in [6.45, 7) is -0.237. The summed E-state index contributed by atoms with van der Waals surface area (Å²) in [5, 5.41) is 18.2. The Hall–Kier alpha value is -5.56. The molecule has 0 spiro atoms. The Balaban J connectivity index is 1.34. The van der Waals surface area contributed by atoms with Gasteiger partial charge in [-0.25, -0.2) is 24.7 Å². The van der Waals surface area contributed by atoms with Crippen LogP contribution in [0, 0.1) is 0 Å². The van der Waals surface area contributed by atoms with Gasteiger partial charge < -0.3 is 35.7 Å². The summed E-state index contributed by atoms with van der Waals surface area (Å²) < 4.78 is 5.57. The zero-order valence-corrected chi connectivity index (χ0v) is 22.7. The molecule has 0 saturated heterocycles. The van der Waals surface area contributed by atoms with Gasteiger partial charge in [0.2, 0.25) is 17.8 Å². The molecule has 0 aliphatic rings. The number of amides is 2. The first-order chi connectivity index (χ1) is 20.5. The van der Waals surface area contributed by atoms with Crippen molar-refractivity contribution in [1.82, 2.24) is 35.6 Å². The Morgan fingerprint density at radius 2 is 1.81 bits per heavy atom. The van der Waals surface area contributed by atoms with E-state index >= 15 is 0 Å². The number of rotatable bonds is 11. The molecule has 0 aliphatic heterocycles. The van der Waals surface area contributed by atoms with Crippen molar-refractivity contribution in [2.45, 2.75) is 6.04 Å². The first kappa shape index (κ1) is 28.0. The van der Waals surface area contributed by atoms with Crippen LogP contribution in [-0.2, 0) is 4.79 Å². The Morgan fingerprint density at radius 1 is 1.00 bits per heavy atom. The summed E-state index contributed by atoms with van der Waals surface area (Å²) in [6, 6.07) is 18.7. The van der Waals surface area contributed by atoms with Gasteiger partial charge in [0.1, 0.15) is 11.8 Å². The second-order valence-electron chi connectivity index (χ2n) is 9.04. The number of carbonyl (C=O) groups is 2. The van der Waals surface area contributed by atoms with Crippen LogP contribution < -0.4 is 25.6 Å². The summed E-state index contributed by atoms with van der Waals surface area (Å²) in [7, 11) is 1.74. The third kappa shape index (κ3) is 6.77. The van der Waals surface area contributed by atoms with Crippen LogP contribution in [-0.4, -0.2) is 74.8 Å². The number of benzene rings is 2. The van der Waals surface area contributed by atoms with Gasteiger partial charge in [-0.3, -0.25) is 4.79 Å². The molecular weight excluding hydrogens is 538 g/mol. The molecule has 214 valence electrons. The van der Waals surface area contributed by atoms with E-state index in [1.54, 1.807) is 60.9 Å². The number of fused-ring (bicyclic) bond motifs is 1. The molecule has 1 unspecified atom stereocenters. The molecule has 0 radical (unpaired) electrons. The Labute approximate surface area is 241 Å². The number of aliphatic hydroxyl groups excluding tert-OH is 1. The number of aromatic amines is 1. The number of anilines is 3. The van der Waals surface area contributed by atoms with Gasteiger partial charge in [0, 0.05) is 48.8 Å². The monoisotopic (exact) mass is 567 g/mol. The molecule has 2 amide bonds. The van der Waals surface area contributed by atoms with Gasteiger partial charge in [0.05, 0.1) is 24.5 Å². The number of ether oxygens (including phenoxy) is 1. The quantitative estimate of drug-likeness (QED) is 0.160. The number of aromatic nitrogens is 5. The minimum absolute atomic E-state index is 0.00582. The second kappa shape index (κ2) is 13.2. The Kier molecular flexibility index (Phi) is 8.79. The van der Waals surface area contributed by atoms with Crippen molar-refractivity contribution in [3.63, 3.8) is 0 Å². The lowest BCUT2D eigenvalue weighted by Gasteiger charge is -2.27. The highest BCUT2D eigenvalue weighted by atomic mass is 16.6. The minimum atomic E-state index is -1.07. The molecular formula is C29H29N9O4. The molecule has 0 saturated carbocycles. The fourth-order valence-electron chi connectivity index (χ4n) is 4.24. The summed E-state index contributed by atoms with van der Waals surface area (Å²) >= 11 is 0. The number of nitrogens with one attached hydrogen (secondary N) is 4. The molecule has 5 aromatic rings. The van der Waals surface area contributed by atoms with Crippen LogP contribution in [0.1, 0.15) is 0 Å². The molecule has 0 aliphatic carbocycles. The Bertz CT molecular complexity index is 1610. The van der Waals surface area contributed by atoms with Crippen LogP contribution in [0.15, 0.2) is 85.3 Å². The number of H-pyrrole nitrogens is 1. The highest BCUT2D eigenvalue weighted by Crippen LogP contribution is 2.27. The Morgan fingerprint density at radius 3 is 2.57 bits per heavy atom. The predicted octanol–water partition coefficient (Wildman–Crippen LogP) is 2.86. The molecule has 2 aromatic carbocycles. The van der Waals surface area contributed by atoms with Crippen molar-refractivity contribution >= 4 is 40.5 Å². The standard InChI is InChI=1S/C29H29N9O4/c1-30-27-32-13-10-23(36-27)24-17-19-16-21(8-9-22(19)35-24)42-29(41)37-25(26(40)31-14-15-39)18-38(20-6-3-2-4-7-20)28-33-11-5-12-34-28/h2-13,16-17,25,35,39H,14-15,18H2,1H3,(H,31,40)(H,37,41)(H,30,32,36). The topological polar surface area (TPSA) is 170 Å². The zero-order chi connectivity index (χ0) is 29.3.